The van der Waals surface area contributed by atoms with Gasteiger partial charge in [0, 0.05) is 32.9 Å². The number of ether oxygens (including phenoxy) is 3. The van der Waals surface area contributed by atoms with Gasteiger partial charge >= 0.3 is 20.9 Å². The molecule has 0 bridgehead atoms. The van der Waals surface area contributed by atoms with Gasteiger partial charge in [-0.1, -0.05) is 6.58 Å². The third-order valence-corrected chi connectivity index (χ3v) is 5.50. The first-order chi connectivity index (χ1) is 10.4. The number of hydrogen-bond donors (Lipinski definition) is 0. The van der Waals surface area contributed by atoms with Gasteiger partial charge in [-0.3, -0.25) is 0 Å². The van der Waals surface area contributed by atoms with Gasteiger partial charge in [0.2, 0.25) is 0 Å². The van der Waals surface area contributed by atoms with Crippen molar-refractivity contribution in [2.75, 3.05) is 41.2 Å². The predicted molar refractivity (Wildman–Crippen MR) is 79.3 cm³/mol. The summed E-state index contributed by atoms with van der Waals surface area (Å²) in [6.07, 6.45) is -0.313. The second-order valence-corrected chi connectivity index (χ2v) is 7.35. The maximum atomic E-state index is 11.3. The van der Waals surface area contributed by atoms with Gasteiger partial charge in [-0.2, -0.15) is 0 Å². The van der Waals surface area contributed by atoms with E-state index < -0.39 is 20.9 Å². The fourth-order valence-electron chi connectivity index (χ4n) is 1.42. The van der Waals surface area contributed by atoms with Crippen LogP contribution in [0.1, 0.15) is 13.3 Å². The molecule has 0 aliphatic rings. The summed E-state index contributed by atoms with van der Waals surface area (Å²) in [4.78, 5) is 22.3. The zero-order chi connectivity index (χ0) is 17.0. The monoisotopic (exact) mass is 336 g/mol. The second-order valence-electron chi connectivity index (χ2n) is 4.26. The first kappa shape index (κ1) is 20.6. The Hall–Kier alpha value is -1.42. The summed E-state index contributed by atoms with van der Waals surface area (Å²) < 4.78 is 30.0. The third kappa shape index (κ3) is 8.13. The second kappa shape index (κ2) is 11.2. The van der Waals surface area contributed by atoms with Gasteiger partial charge in [-0.25, -0.2) is 9.59 Å². The molecule has 0 N–H and O–H groups in total. The maximum absolute atomic E-state index is 11.3. The highest BCUT2D eigenvalue weighted by Gasteiger charge is 2.37. The zero-order valence-corrected chi connectivity index (χ0v) is 14.5. The normalized spacial score (nSPS) is 10.9. The minimum absolute atomic E-state index is 0.0478. The Morgan fingerprint density at radius 3 is 1.91 bits per heavy atom. The van der Waals surface area contributed by atoms with Gasteiger partial charge in [0.05, 0.1) is 6.61 Å². The van der Waals surface area contributed by atoms with E-state index in [0.29, 0.717) is 12.5 Å². The van der Waals surface area contributed by atoms with Crippen LogP contribution in [0.3, 0.4) is 0 Å². The molecular formula is C13H24O8Si. The topological polar surface area (TPSA) is 89.5 Å². The molecule has 0 amide bonds. The van der Waals surface area contributed by atoms with Crippen LogP contribution in [0.5, 0.6) is 0 Å². The Morgan fingerprint density at radius 2 is 1.41 bits per heavy atom. The largest absolute Gasteiger partial charge is 0.508 e. The van der Waals surface area contributed by atoms with Crippen molar-refractivity contribution in [3.05, 3.63) is 12.2 Å². The molecule has 0 saturated carbocycles. The van der Waals surface area contributed by atoms with E-state index in [1.165, 1.54) is 28.3 Å². The molecule has 0 spiro atoms. The summed E-state index contributed by atoms with van der Waals surface area (Å²) in [6.45, 7) is 4.98. The first-order valence-electron chi connectivity index (χ1n) is 6.68. The van der Waals surface area contributed by atoms with Gasteiger partial charge in [0.1, 0.15) is 13.2 Å². The Bertz CT molecular complexity index is 359. The van der Waals surface area contributed by atoms with Crippen LogP contribution in [-0.4, -0.2) is 62.1 Å². The van der Waals surface area contributed by atoms with E-state index in [2.05, 4.69) is 6.58 Å². The van der Waals surface area contributed by atoms with Gasteiger partial charge < -0.3 is 27.5 Å². The van der Waals surface area contributed by atoms with Crippen LogP contribution in [0, 0.1) is 0 Å². The smallest absolute Gasteiger partial charge is 0.459 e. The first-order valence-corrected chi connectivity index (χ1v) is 8.61. The minimum Gasteiger partial charge on any atom is -0.459 e. The molecule has 128 valence electrons. The van der Waals surface area contributed by atoms with E-state index in [-0.39, 0.29) is 25.4 Å². The van der Waals surface area contributed by atoms with E-state index in [1.54, 1.807) is 0 Å². The molecule has 0 aromatic rings. The fraction of sp³-hybridized carbons (Fsp3) is 0.692. The molecule has 0 aromatic carbocycles. The van der Waals surface area contributed by atoms with Crippen LogP contribution in [0.15, 0.2) is 12.2 Å². The Balaban J connectivity index is 3.74. The average molecular weight is 336 g/mol. The van der Waals surface area contributed by atoms with Crippen LogP contribution >= 0.6 is 0 Å². The van der Waals surface area contributed by atoms with E-state index >= 15 is 0 Å². The summed E-state index contributed by atoms with van der Waals surface area (Å²) >= 11 is 0. The van der Waals surface area contributed by atoms with Crippen LogP contribution in [0.25, 0.3) is 0 Å². The van der Waals surface area contributed by atoms with Gasteiger partial charge in [0.25, 0.3) is 0 Å². The molecule has 8 nitrogen and oxygen atoms in total. The Morgan fingerprint density at radius 1 is 0.909 bits per heavy atom. The van der Waals surface area contributed by atoms with Crippen molar-refractivity contribution in [3.63, 3.8) is 0 Å². The molecule has 0 fully saturated rings. The highest BCUT2D eigenvalue weighted by molar-refractivity contribution is 6.60. The van der Waals surface area contributed by atoms with Crippen LogP contribution in [0.4, 0.5) is 4.79 Å². The van der Waals surface area contributed by atoms with Crippen molar-refractivity contribution in [2.24, 2.45) is 0 Å². The number of rotatable bonds is 11. The maximum Gasteiger partial charge on any atom is 0.508 e. The van der Waals surface area contributed by atoms with Gasteiger partial charge in [-0.15, -0.1) is 0 Å². The number of hydrogen-bond acceptors (Lipinski definition) is 8. The lowest BCUT2D eigenvalue weighted by Crippen LogP contribution is -2.42. The Kier molecular flexibility index (Phi) is 10.5. The summed E-state index contributed by atoms with van der Waals surface area (Å²) in [7, 11) is 1.90. The molecule has 0 radical (unpaired) electrons. The molecule has 0 unspecified atom stereocenters. The van der Waals surface area contributed by atoms with E-state index in [0.717, 1.165) is 0 Å². The highest BCUT2D eigenvalue weighted by Crippen LogP contribution is 2.14. The van der Waals surface area contributed by atoms with Crippen molar-refractivity contribution in [1.29, 1.82) is 0 Å². The minimum atomic E-state index is -2.64. The predicted octanol–water partition coefficient (Wildman–Crippen LogP) is 1.53. The summed E-state index contributed by atoms with van der Waals surface area (Å²) in [6, 6.07) is 0.514. The van der Waals surface area contributed by atoms with Crippen LogP contribution in [0.2, 0.25) is 6.04 Å². The lowest BCUT2D eigenvalue weighted by molar-refractivity contribution is -0.140. The van der Waals surface area contributed by atoms with E-state index in [9.17, 15) is 9.59 Å². The van der Waals surface area contributed by atoms with Gasteiger partial charge in [-0.05, 0) is 13.3 Å². The van der Waals surface area contributed by atoms with E-state index in [1.807, 2.05) is 0 Å². The summed E-state index contributed by atoms with van der Waals surface area (Å²) in [5, 5.41) is 0. The molecule has 22 heavy (non-hydrogen) atoms. The van der Waals surface area contributed by atoms with Gasteiger partial charge in [0.15, 0.2) is 0 Å². The molecule has 0 saturated heterocycles. The van der Waals surface area contributed by atoms with Crippen LogP contribution < -0.4 is 0 Å². The molecule has 0 aliphatic carbocycles. The molecule has 0 atom stereocenters. The van der Waals surface area contributed by atoms with Crippen molar-refractivity contribution in [2.45, 2.75) is 19.4 Å². The van der Waals surface area contributed by atoms with Crippen LogP contribution in [-0.2, 0) is 32.3 Å². The fourth-order valence-corrected chi connectivity index (χ4v) is 3.11. The van der Waals surface area contributed by atoms with Crippen molar-refractivity contribution in [1.82, 2.24) is 0 Å². The summed E-state index contributed by atoms with van der Waals surface area (Å²) in [5.74, 6) is -0.531. The zero-order valence-electron chi connectivity index (χ0n) is 13.5. The number of carbonyl (C=O) groups excluding carboxylic acids is 2. The molecule has 0 aromatic heterocycles. The van der Waals surface area contributed by atoms with E-state index in [4.69, 9.17) is 27.5 Å². The average Bonchev–Trinajstić information content (AvgIpc) is 2.52. The Labute approximate surface area is 131 Å². The lowest BCUT2D eigenvalue weighted by atomic mass is 10.4. The molecule has 0 rings (SSSR count). The highest BCUT2D eigenvalue weighted by atomic mass is 28.4. The third-order valence-electron chi connectivity index (χ3n) is 2.67. The molecule has 0 heterocycles. The lowest BCUT2D eigenvalue weighted by Gasteiger charge is -2.23. The number of esters is 1. The molecule has 0 aliphatic heterocycles. The molecular weight excluding hydrogens is 312 g/mol. The van der Waals surface area contributed by atoms with Crippen molar-refractivity contribution in [3.8, 4) is 0 Å². The number of carbonyl (C=O) groups is 2. The summed E-state index contributed by atoms with van der Waals surface area (Å²) in [5.41, 5.74) is 0.282. The molecule has 9 heteroatoms. The SMILES string of the molecule is C=C(C)C(=O)OCCOC(=O)OCCC[Si](OC)(OC)OC. The van der Waals surface area contributed by atoms with Crippen molar-refractivity contribution < 1.29 is 37.1 Å². The quantitative estimate of drug-likeness (QED) is 0.243. The van der Waals surface area contributed by atoms with Crippen molar-refractivity contribution >= 4 is 20.9 Å². The standard InChI is InChI=1S/C13H24O8Si/c1-11(2)12(14)19-8-9-21-13(15)20-7-6-10-22(16-3,17-4)18-5/h1,6-10H2,2-5H3.